The molecule has 2 rings (SSSR count). The van der Waals surface area contributed by atoms with Crippen LogP contribution in [0.2, 0.25) is 0 Å². The summed E-state index contributed by atoms with van der Waals surface area (Å²) in [5, 5.41) is 0. The highest BCUT2D eigenvalue weighted by molar-refractivity contribution is 9.10. The zero-order valence-corrected chi connectivity index (χ0v) is 16.7. The average molecular weight is 428 g/mol. The fraction of sp³-hybridized carbons (Fsp3) is 0.294. The van der Waals surface area contributed by atoms with Crippen molar-refractivity contribution in [3.63, 3.8) is 0 Å². The van der Waals surface area contributed by atoms with Gasteiger partial charge < -0.3 is 9.47 Å². The number of ether oxygens (including phenoxy) is 2. The van der Waals surface area contributed by atoms with Crippen molar-refractivity contribution in [2.75, 3.05) is 19.8 Å². The normalized spacial score (nSPS) is 16.0. The number of halogens is 1. The monoisotopic (exact) mass is 427 g/mol. The first kappa shape index (κ1) is 19.0. The topological polar surface area (TPSA) is 38.8 Å². The van der Waals surface area contributed by atoms with Crippen LogP contribution in [0.4, 0.5) is 0 Å². The van der Waals surface area contributed by atoms with Crippen molar-refractivity contribution in [3.8, 4) is 11.5 Å². The molecule has 0 saturated carbocycles. The van der Waals surface area contributed by atoms with Crippen molar-refractivity contribution in [1.82, 2.24) is 4.90 Å². The molecule has 0 unspecified atom stereocenters. The Labute approximate surface area is 160 Å². The highest BCUT2D eigenvalue weighted by Crippen LogP contribution is 2.39. The van der Waals surface area contributed by atoms with Crippen LogP contribution in [0.25, 0.3) is 6.08 Å². The van der Waals surface area contributed by atoms with Crippen LogP contribution in [0.3, 0.4) is 0 Å². The molecule has 7 heteroatoms. The quantitative estimate of drug-likeness (QED) is 0.360. The lowest BCUT2D eigenvalue weighted by atomic mass is 10.2. The molecule has 0 N–H and O–H groups in total. The summed E-state index contributed by atoms with van der Waals surface area (Å²) in [6, 6.07) is 3.74. The molecule has 0 atom stereocenters. The highest BCUT2D eigenvalue weighted by Gasteiger charge is 2.30. The highest BCUT2D eigenvalue weighted by atomic mass is 79.9. The first-order valence-corrected chi connectivity index (χ1v) is 9.49. The molecule has 1 aromatic rings. The Balaban J connectivity index is 2.38. The fourth-order valence-electron chi connectivity index (χ4n) is 2.14. The maximum Gasteiger partial charge on any atom is 0.266 e. The third-order valence-electron chi connectivity index (χ3n) is 3.16. The van der Waals surface area contributed by atoms with Gasteiger partial charge >= 0.3 is 0 Å². The van der Waals surface area contributed by atoms with Gasteiger partial charge in [-0.2, -0.15) is 0 Å². The van der Waals surface area contributed by atoms with Crippen molar-refractivity contribution < 1.29 is 14.3 Å². The van der Waals surface area contributed by atoms with E-state index in [1.54, 1.807) is 11.0 Å². The number of carbonyl (C=O) groups excluding carboxylic acids is 1. The number of nitrogens with zero attached hydrogens (tertiary/aromatic N) is 1. The van der Waals surface area contributed by atoms with Crippen LogP contribution in [-0.4, -0.2) is 34.9 Å². The van der Waals surface area contributed by atoms with Crippen molar-refractivity contribution >= 4 is 56.2 Å². The summed E-state index contributed by atoms with van der Waals surface area (Å²) in [4.78, 5) is 14.5. The fourth-order valence-corrected chi connectivity index (χ4v) is 4.10. The predicted molar refractivity (Wildman–Crippen MR) is 107 cm³/mol. The number of amides is 1. The van der Waals surface area contributed by atoms with E-state index in [9.17, 15) is 4.79 Å². The molecule has 1 aliphatic heterocycles. The predicted octanol–water partition coefficient (Wildman–Crippen LogP) is 4.63. The summed E-state index contributed by atoms with van der Waals surface area (Å²) < 4.78 is 12.7. The number of rotatable bonds is 7. The Morgan fingerprint density at radius 2 is 2.12 bits per heavy atom. The Bertz CT molecular complexity index is 703. The summed E-state index contributed by atoms with van der Waals surface area (Å²) in [6.07, 6.45) is 3.49. The molecule has 0 bridgehead atoms. The average Bonchev–Trinajstić information content (AvgIpc) is 2.80. The molecule has 0 spiro atoms. The van der Waals surface area contributed by atoms with Gasteiger partial charge in [0, 0.05) is 6.54 Å². The largest absolute Gasteiger partial charge is 0.490 e. The van der Waals surface area contributed by atoms with Gasteiger partial charge in [-0.25, -0.2) is 0 Å². The van der Waals surface area contributed by atoms with Crippen LogP contribution >= 0.6 is 39.9 Å². The smallest absolute Gasteiger partial charge is 0.266 e. The Morgan fingerprint density at radius 1 is 1.38 bits per heavy atom. The molecule has 128 valence electrons. The van der Waals surface area contributed by atoms with Gasteiger partial charge in [0.15, 0.2) is 11.5 Å². The molecule has 4 nitrogen and oxygen atoms in total. The van der Waals surface area contributed by atoms with Crippen LogP contribution in [0.15, 0.2) is 34.2 Å². The van der Waals surface area contributed by atoms with Gasteiger partial charge in [0.2, 0.25) is 0 Å². The van der Waals surface area contributed by atoms with Gasteiger partial charge in [0.1, 0.15) is 10.9 Å². The molecule has 1 aromatic carbocycles. The molecule has 1 fully saturated rings. The van der Waals surface area contributed by atoms with E-state index in [0.717, 1.165) is 10.0 Å². The van der Waals surface area contributed by atoms with E-state index >= 15 is 0 Å². The third kappa shape index (κ3) is 4.20. The summed E-state index contributed by atoms with van der Waals surface area (Å²) in [5.74, 6) is 1.18. The van der Waals surface area contributed by atoms with Crippen LogP contribution in [0, 0.1) is 0 Å². The van der Waals surface area contributed by atoms with Gasteiger partial charge in [-0.3, -0.25) is 9.69 Å². The molecule has 1 aliphatic rings. The van der Waals surface area contributed by atoms with E-state index in [4.69, 9.17) is 21.7 Å². The molecule has 1 saturated heterocycles. The maximum atomic E-state index is 12.3. The zero-order chi connectivity index (χ0) is 17.7. The van der Waals surface area contributed by atoms with Gasteiger partial charge in [-0.05, 0) is 53.5 Å². The minimum atomic E-state index is -0.0615. The second-order valence-corrected chi connectivity index (χ2v) is 7.32. The molecule has 1 heterocycles. The van der Waals surface area contributed by atoms with Crippen molar-refractivity contribution in [1.29, 1.82) is 0 Å². The number of hydrogen-bond acceptors (Lipinski definition) is 5. The summed E-state index contributed by atoms with van der Waals surface area (Å²) in [6.45, 7) is 8.93. The number of likely N-dealkylation sites (N-methyl/N-ethyl adjacent to an activating group) is 1. The van der Waals surface area contributed by atoms with E-state index < -0.39 is 0 Å². The lowest BCUT2D eigenvalue weighted by molar-refractivity contribution is -0.121. The number of hydrogen-bond donors (Lipinski definition) is 0. The van der Waals surface area contributed by atoms with Gasteiger partial charge in [0.25, 0.3) is 5.91 Å². The van der Waals surface area contributed by atoms with E-state index in [0.29, 0.717) is 40.5 Å². The van der Waals surface area contributed by atoms with Crippen LogP contribution in [-0.2, 0) is 4.79 Å². The number of thioether (sulfide) groups is 1. The molecule has 0 aliphatic carbocycles. The Morgan fingerprint density at radius 3 is 2.71 bits per heavy atom. The second-order valence-electron chi connectivity index (χ2n) is 4.79. The Hall–Kier alpha value is -1.31. The minimum Gasteiger partial charge on any atom is -0.490 e. The minimum absolute atomic E-state index is 0.0615. The lowest BCUT2D eigenvalue weighted by Gasteiger charge is -2.14. The third-order valence-corrected chi connectivity index (χ3v) is 5.13. The number of carbonyl (C=O) groups is 1. The van der Waals surface area contributed by atoms with E-state index in [-0.39, 0.29) is 5.91 Å². The van der Waals surface area contributed by atoms with Crippen molar-refractivity contribution in [2.45, 2.75) is 13.8 Å². The summed E-state index contributed by atoms with van der Waals surface area (Å²) in [5.41, 5.74) is 0.841. The van der Waals surface area contributed by atoms with Crippen LogP contribution in [0.5, 0.6) is 11.5 Å². The zero-order valence-electron chi connectivity index (χ0n) is 13.5. The Kier molecular flexibility index (Phi) is 6.89. The SMILES string of the molecule is C=CCOc1c(Br)cc(/C=C2\SC(=S)N(CC)C2=O)cc1OCC. The van der Waals surface area contributed by atoms with Crippen molar-refractivity contribution in [2.24, 2.45) is 0 Å². The molecule has 1 amide bonds. The first-order valence-electron chi connectivity index (χ1n) is 7.47. The van der Waals surface area contributed by atoms with Crippen molar-refractivity contribution in [3.05, 3.63) is 39.7 Å². The van der Waals surface area contributed by atoms with E-state index in [1.807, 2.05) is 32.1 Å². The summed E-state index contributed by atoms with van der Waals surface area (Å²) >= 11 is 10.1. The maximum absolute atomic E-state index is 12.3. The van der Waals surface area contributed by atoms with Crippen LogP contribution < -0.4 is 9.47 Å². The van der Waals surface area contributed by atoms with E-state index in [2.05, 4.69) is 22.5 Å². The lowest BCUT2D eigenvalue weighted by Crippen LogP contribution is -2.27. The van der Waals surface area contributed by atoms with Gasteiger partial charge in [0.05, 0.1) is 16.0 Å². The van der Waals surface area contributed by atoms with Crippen LogP contribution in [0.1, 0.15) is 19.4 Å². The molecule has 0 radical (unpaired) electrons. The van der Waals surface area contributed by atoms with Gasteiger partial charge in [-0.1, -0.05) is 36.6 Å². The number of thiocarbonyl (C=S) groups is 1. The molecular formula is C17H18BrNO3S2. The first-order chi connectivity index (χ1) is 11.5. The second kappa shape index (κ2) is 8.69. The molecular weight excluding hydrogens is 410 g/mol. The summed E-state index contributed by atoms with van der Waals surface area (Å²) in [7, 11) is 0. The van der Waals surface area contributed by atoms with Gasteiger partial charge in [-0.15, -0.1) is 0 Å². The standard InChI is InChI=1S/C17H18BrNO3S2/c1-4-7-22-15-12(18)8-11(9-13(15)21-6-3)10-14-16(20)19(5-2)17(23)24-14/h4,8-10H,1,5-7H2,2-3H3/b14-10-. The number of benzene rings is 1. The van der Waals surface area contributed by atoms with E-state index in [1.165, 1.54) is 11.8 Å². The molecule has 0 aromatic heterocycles. The molecule has 24 heavy (non-hydrogen) atoms.